The second kappa shape index (κ2) is 11.3. The van der Waals surface area contributed by atoms with Gasteiger partial charge in [-0.1, -0.05) is 89.5 Å². The number of aryl methyl sites for hydroxylation is 2. The van der Waals surface area contributed by atoms with E-state index in [0.717, 1.165) is 29.6 Å². The first-order valence-corrected chi connectivity index (χ1v) is 11.7. The Labute approximate surface area is 172 Å². The van der Waals surface area contributed by atoms with Crippen LogP contribution in [0.4, 0.5) is 0 Å². The largest absolute Gasteiger partial charge is 0.155 e. The molecule has 1 heterocycles. The summed E-state index contributed by atoms with van der Waals surface area (Å²) in [7, 11) is 0. The van der Waals surface area contributed by atoms with Gasteiger partial charge in [0.15, 0.2) is 0 Å². The van der Waals surface area contributed by atoms with Crippen LogP contribution >= 0.6 is 0 Å². The molecule has 1 aliphatic rings. The lowest BCUT2D eigenvalue weighted by molar-refractivity contribution is 0.277. The number of unbranched alkanes of at least 4 members (excludes halogenated alkanes) is 4. The van der Waals surface area contributed by atoms with E-state index in [1.165, 1.54) is 81.8 Å². The SMILES string of the molecule is CCCCCCCc1ccc(-c2ccc(CCC3CCC(C)CC3)nn2)cc1. The Balaban J connectivity index is 1.45. The van der Waals surface area contributed by atoms with Crippen molar-refractivity contribution in [2.75, 3.05) is 0 Å². The van der Waals surface area contributed by atoms with Gasteiger partial charge in [-0.3, -0.25) is 0 Å². The van der Waals surface area contributed by atoms with Crippen molar-refractivity contribution in [1.82, 2.24) is 10.2 Å². The second-order valence-corrected chi connectivity index (χ2v) is 8.94. The molecule has 0 saturated heterocycles. The average Bonchev–Trinajstić information content (AvgIpc) is 2.74. The minimum atomic E-state index is 0.896. The monoisotopic (exact) mass is 378 g/mol. The number of benzene rings is 1. The highest BCUT2D eigenvalue weighted by molar-refractivity contribution is 5.58. The van der Waals surface area contributed by atoms with Crippen molar-refractivity contribution < 1.29 is 0 Å². The van der Waals surface area contributed by atoms with Gasteiger partial charge in [0, 0.05) is 5.56 Å². The molecule has 152 valence electrons. The number of aromatic nitrogens is 2. The third kappa shape index (κ3) is 6.72. The lowest BCUT2D eigenvalue weighted by atomic mass is 9.81. The van der Waals surface area contributed by atoms with Crippen LogP contribution in [0.2, 0.25) is 0 Å². The van der Waals surface area contributed by atoms with E-state index in [2.05, 4.69) is 60.4 Å². The molecule has 0 unspecified atom stereocenters. The zero-order valence-corrected chi connectivity index (χ0v) is 18.0. The van der Waals surface area contributed by atoms with Crippen molar-refractivity contribution in [2.24, 2.45) is 11.8 Å². The Morgan fingerprint density at radius 2 is 1.54 bits per heavy atom. The molecule has 1 saturated carbocycles. The van der Waals surface area contributed by atoms with Gasteiger partial charge in [0.2, 0.25) is 0 Å². The zero-order chi connectivity index (χ0) is 19.6. The maximum absolute atomic E-state index is 4.50. The summed E-state index contributed by atoms with van der Waals surface area (Å²) >= 11 is 0. The summed E-state index contributed by atoms with van der Waals surface area (Å²) in [6.07, 6.45) is 15.9. The molecule has 1 aromatic heterocycles. The standard InChI is InChI=1S/C26H38N2/c1-3-4-5-6-7-8-22-13-16-24(17-14-22)26-20-19-25(27-28-26)18-15-23-11-9-21(2)10-12-23/h13-14,16-17,19-21,23H,3-12,15,18H2,1-2H3. The van der Waals surface area contributed by atoms with Crippen LogP contribution < -0.4 is 0 Å². The Morgan fingerprint density at radius 3 is 2.21 bits per heavy atom. The number of hydrogen-bond acceptors (Lipinski definition) is 2. The first-order chi connectivity index (χ1) is 13.7. The van der Waals surface area contributed by atoms with Gasteiger partial charge in [-0.25, -0.2) is 0 Å². The van der Waals surface area contributed by atoms with Gasteiger partial charge in [0.1, 0.15) is 0 Å². The van der Waals surface area contributed by atoms with Gasteiger partial charge < -0.3 is 0 Å². The van der Waals surface area contributed by atoms with E-state index in [1.807, 2.05) is 0 Å². The lowest BCUT2D eigenvalue weighted by Gasteiger charge is -2.25. The van der Waals surface area contributed by atoms with Crippen molar-refractivity contribution in [3.63, 3.8) is 0 Å². The first-order valence-electron chi connectivity index (χ1n) is 11.7. The van der Waals surface area contributed by atoms with Gasteiger partial charge in [-0.2, -0.15) is 10.2 Å². The summed E-state index contributed by atoms with van der Waals surface area (Å²) in [5.74, 6) is 1.83. The molecule has 0 spiro atoms. The maximum Gasteiger partial charge on any atom is 0.0929 e. The summed E-state index contributed by atoms with van der Waals surface area (Å²) in [6, 6.07) is 13.2. The molecule has 0 radical (unpaired) electrons. The summed E-state index contributed by atoms with van der Waals surface area (Å²) in [5, 5.41) is 9.01. The summed E-state index contributed by atoms with van der Waals surface area (Å²) < 4.78 is 0. The molecular weight excluding hydrogens is 340 g/mol. The minimum Gasteiger partial charge on any atom is -0.155 e. The fraction of sp³-hybridized carbons (Fsp3) is 0.615. The molecule has 1 fully saturated rings. The molecule has 0 bridgehead atoms. The molecule has 1 aromatic carbocycles. The van der Waals surface area contributed by atoms with Crippen LogP contribution in [0.25, 0.3) is 11.3 Å². The van der Waals surface area contributed by atoms with Crippen molar-refractivity contribution >= 4 is 0 Å². The highest BCUT2D eigenvalue weighted by Gasteiger charge is 2.18. The van der Waals surface area contributed by atoms with E-state index >= 15 is 0 Å². The van der Waals surface area contributed by atoms with Crippen LogP contribution in [-0.4, -0.2) is 10.2 Å². The van der Waals surface area contributed by atoms with Crippen LogP contribution in [0.15, 0.2) is 36.4 Å². The van der Waals surface area contributed by atoms with Crippen molar-refractivity contribution in [3.05, 3.63) is 47.7 Å². The molecule has 3 rings (SSSR count). The Morgan fingerprint density at radius 1 is 0.786 bits per heavy atom. The Hall–Kier alpha value is -1.70. The van der Waals surface area contributed by atoms with E-state index < -0.39 is 0 Å². The predicted molar refractivity (Wildman–Crippen MR) is 119 cm³/mol. The quantitative estimate of drug-likeness (QED) is 0.402. The third-order valence-corrected chi connectivity index (χ3v) is 6.48. The predicted octanol–water partition coefficient (Wildman–Crippen LogP) is 7.42. The van der Waals surface area contributed by atoms with Crippen LogP contribution in [0.5, 0.6) is 0 Å². The molecule has 28 heavy (non-hydrogen) atoms. The van der Waals surface area contributed by atoms with Crippen molar-refractivity contribution in [3.8, 4) is 11.3 Å². The molecule has 0 aliphatic heterocycles. The molecule has 1 aliphatic carbocycles. The molecular formula is C26H38N2. The lowest BCUT2D eigenvalue weighted by Crippen LogP contribution is -2.13. The average molecular weight is 379 g/mol. The normalized spacial score (nSPS) is 19.6. The van der Waals surface area contributed by atoms with E-state index in [4.69, 9.17) is 0 Å². The van der Waals surface area contributed by atoms with Gasteiger partial charge >= 0.3 is 0 Å². The van der Waals surface area contributed by atoms with Crippen LogP contribution in [0.3, 0.4) is 0 Å². The van der Waals surface area contributed by atoms with Gasteiger partial charge in [0.05, 0.1) is 11.4 Å². The van der Waals surface area contributed by atoms with Gasteiger partial charge in [-0.05, 0) is 55.2 Å². The van der Waals surface area contributed by atoms with Crippen molar-refractivity contribution in [1.29, 1.82) is 0 Å². The van der Waals surface area contributed by atoms with E-state index in [9.17, 15) is 0 Å². The molecule has 0 amide bonds. The summed E-state index contributed by atoms with van der Waals surface area (Å²) in [4.78, 5) is 0. The van der Waals surface area contributed by atoms with Gasteiger partial charge in [0.25, 0.3) is 0 Å². The van der Waals surface area contributed by atoms with E-state index in [-0.39, 0.29) is 0 Å². The second-order valence-electron chi connectivity index (χ2n) is 8.94. The highest BCUT2D eigenvalue weighted by Crippen LogP contribution is 2.31. The zero-order valence-electron chi connectivity index (χ0n) is 18.0. The Kier molecular flexibility index (Phi) is 8.51. The van der Waals surface area contributed by atoms with Crippen molar-refractivity contribution in [2.45, 2.75) is 90.9 Å². The first kappa shape index (κ1) is 21.0. The Bertz CT molecular complexity index is 667. The molecule has 0 N–H and O–H groups in total. The topological polar surface area (TPSA) is 25.8 Å². The fourth-order valence-corrected chi connectivity index (χ4v) is 4.39. The van der Waals surface area contributed by atoms with Crippen LogP contribution in [0, 0.1) is 11.8 Å². The maximum atomic E-state index is 4.50. The van der Waals surface area contributed by atoms with Gasteiger partial charge in [-0.15, -0.1) is 0 Å². The summed E-state index contributed by atoms with van der Waals surface area (Å²) in [5.41, 5.74) is 4.75. The molecule has 0 atom stereocenters. The molecule has 2 nitrogen and oxygen atoms in total. The van der Waals surface area contributed by atoms with Crippen LogP contribution in [-0.2, 0) is 12.8 Å². The number of rotatable bonds is 10. The van der Waals surface area contributed by atoms with E-state index in [0.29, 0.717) is 0 Å². The smallest absolute Gasteiger partial charge is 0.0929 e. The van der Waals surface area contributed by atoms with Crippen LogP contribution in [0.1, 0.15) is 89.3 Å². The third-order valence-electron chi connectivity index (χ3n) is 6.48. The highest BCUT2D eigenvalue weighted by atomic mass is 15.1. The van der Waals surface area contributed by atoms with E-state index in [1.54, 1.807) is 0 Å². The number of hydrogen-bond donors (Lipinski definition) is 0. The minimum absolute atomic E-state index is 0.896. The molecule has 2 heteroatoms. The molecule has 2 aromatic rings. The summed E-state index contributed by atoms with van der Waals surface area (Å²) in [6.45, 7) is 4.66. The fourth-order valence-electron chi connectivity index (χ4n) is 4.39. The number of nitrogens with zero attached hydrogens (tertiary/aromatic N) is 2.